The second-order valence-electron chi connectivity index (χ2n) is 6.24. The summed E-state index contributed by atoms with van der Waals surface area (Å²) in [4.78, 5) is 21.2. The topological polar surface area (TPSA) is 73.8 Å². The number of hydrogen-bond acceptors (Lipinski definition) is 5. The molecule has 6 heteroatoms. The molecular weight excluding hydrogens is 328 g/mol. The van der Waals surface area contributed by atoms with Crippen molar-refractivity contribution >= 4 is 11.0 Å². The van der Waals surface area contributed by atoms with Crippen molar-refractivity contribution < 1.29 is 4.52 Å². The minimum absolute atomic E-state index is 0.0611. The maximum atomic E-state index is 12.2. The molecule has 0 saturated heterocycles. The van der Waals surface area contributed by atoms with E-state index in [2.05, 4.69) is 15.1 Å². The molecule has 2 heterocycles. The highest BCUT2D eigenvalue weighted by Gasteiger charge is 2.13. The van der Waals surface area contributed by atoms with Crippen LogP contribution in [0.3, 0.4) is 0 Å². The van der Waals surface area contributed by atoms with Crippen LogP contribution in [0.25, 0.3) is 33.9 Å². The quantitative estimate of drug-likeness (QED) is 0.565. The SMILES string of the molecule is CCn1c(=O)c(C)nc2cc(-c3noc(-c4cccc(C)c4)n3)ccc21. The molecule has 0 unspecified atom stereocenters. The zero-order chi connectivity index (χ0) is 18.3. The van der Waals surface area contributed by atoms with Gasteiger partial charge in [0.05, 0.1) is 11.0 Å². The fraction of sp³-hybridized carbons (Fsp3) is 0.200. The Morgan fingerprint density at radius 3 is 2.65 bits per heavy atom. The first kappa shape index (κ1) is 16.2. The molecule has 0 radical (unpaired) electrons. The molecule has 0 bridgehead atoms. The predicted molar refractivity (Wildman–Crippen MR) is 99.9 cm³/mol. The van der Waals surface area contributed by atoms with Gasteiger partial charge in [-0.05, 0) is 51.1 Å². The minimum atomic E-state index is -0.0611. The Morgan fingerprint density at radius 2 is 1.88 bits per heavy atom. The number of hydrogen-bond donors (Lipinski definition) is 0. The van der Waals surface area contributed by atoms with E-state index in [9.17, 15) is 4.79 Å². The van der Waals surface area contributed by atoms with E-state index in [1.807, 2.05) is 56.3 Å². The first-order chi connectivity index (χ1) is 12.6. The van der Waals surface area contributed by atoms with Gasteiger partial charge in [-0.15, -0.1) is 0 Å². The molecule has 26 heavy (non-hydrogen) atoms. The van der Waals surface area contributed by atoms with Crippen LogP contribution in [0.2, 0.25) is 0 Å². The Hall–Kier alpha value is -3.28. The lowest BCUT2D eigenvalue weighted by atomic mass is 10.1. The molecule has 130 valence electrons. The molecule has 0 amide bonds. The van der Waals surface area contributed by atoms with Gasteiger partial charge in [-0.1, -0.05) is 22.9 Å². The summed E-state index contributed by atoms with van der Waals surface area (Å²) in [6, 6.07) is 13.6. The lowest BCUT2D eigenvalue weighted by Crippen LogP contribution is -2.23. The van der Waals surface area contributed by atoms with E-state index < -0.39 is 0 Å². The number of fused-ring (bicyclic) bond motifs is 1. The smallest absolute Gasteiger partial charge is 0.272 e. The summed E-state index contributed by atoms with van der Waals surface area (Å²) >= 11 is 0. The third kappa shape index (κ3) is 2.69. The second kappa shape index (κ2) is 6.22. The zero-order valence-electron chi connectivity index (χ0n) is 14.9. The molecule has 0 saturated carbocycles. The summed E-state index contributed by atoms with van der Waals surface area (Å²) in [6.45, 7) is 6.29. The summed E-state index contributed by atoms with van der Waals surface area (Å²) < 4.78 is 7.14. The average molecular weight is 346 g/mol. The van der Waals surface area contributed by atoms with Crippen molar-refractivity contribution in [3.8, 4) is 22.8 Å². The van der Waals surface area contributed by atoms with Crippen LogP contribution < -0.4 is 5.56 Å². The van der Waals surface area contributed by atoms with Gasteiger partial charge in [-0.25, -0.2) is 4.98 Å². The lowest BCUT2D eigenvalue weighted by molar-refractivity contribution is 0.432. The molecule has 6 nitrogen and oxygen atoms in total. The molecule has 2 aromatic heterocycles. The molecule has 2 aromatic carbocycles. The van der Waals surface area contributed by atoms with Crippen molar-refractivity contribution in [1.82, 2.24) is 19.7 Å². The third-order valence-corrected chi connectivity index (χ3v) is 4.37. The highest BCUT2D eigenvalue weighted by Crippen LogP contribution is 2.25. The van der Waals surface area contributed by atoms with Crippen LogP contribution in [0.4, 0.5) is 0 Å². The monoisotopic (exact) mass is 346 g/mol. The Kier molecular flexibility index (Phi) is 3.88. The van der Waals surface area contributed by atoms with Gasteiger partial charge in [0.15, 0.2) is 0 Å². The summed E-state index contributed by atoms with van der Waals surface area (Å²) in [5.41, 5.74) is 4.77. The number of benzene rings is 2. The van der Waals surface area contributed by atoms with Crippen LogP contribution in [0.1, 0.15) is 18.2 Å². The normalized spacial score (nSPS) is 11.2. The maximum Gasteiger partial charge on any atom is 0.272 e. The lowest BCUT2D eigenvalue weighted by Gasteiger charge is -2.09. The van der Waals surface area contributed by atoms with Crippen molar-refractivity contribution in [2.24, 2.45) is 0 Å². The summed E-state index contributed by atoms with van der Waals surface area (Å²) in [6.07, 6.45) is 0. The molecule has 4 rings (SSSR count). The van der Waals surface area contributed by atoms with Crippen molar-refractivity contribution in [2.45, 2.75) is 27.3 Å². The van der Waals surface area contributed by atoms with Crippen LogP contribution in [-0.4, -0.2) is 19.7 Å². The van der Waals surface area contributed by atoms with Gasteiger partial charge in [0.1, 0.15) is 5.69 Å². The minimum Gasteiger partial charge on any atom is -0.334 e. The largest absolute Gasteiger partial charge is 0.334 e. The Morgan fingerprint density at radius 1 is 1.04 bits per heavy atom. The van der Waals surface area contributed by atoms with E-state index in [4.69, 9.17) is 4.52 Å². The van der Waals surface area contributed by atoms with Gasteiger partial charge in [-0.3, -0.25) is 4.79 Å². The number of aryl methyl sites for hydroxylation is 3. The Bertz CT molecular complexity index is 1170. The van der Waals surface area contributed by atoms with Crippen LogP contribution in [0, 0.1) is 13.8 Å². The molecule has 0 atom stereocenters. The first-order valence-corrected chi connectivity index (χ1v) is 8.49. The van der Waals surface area contributed by atoms with Crippen molar-refractivity contribution in [3.05, 3.63) is 64.1 Å². The molecular formula is C20H18N4O2. The number of nitrogens with zero attached hydrogens (tertiary/aromatic N) is 4. The van der Waals surface area contributed by atoms with Gasteiger partial charge >= 0.3 is 0 Å². The fourth-order valence-corrected chi connectivity index (χ4v) is 3.06. The standard InChI is InChI=1S/C20H18N4O2/c1-4-24-17-9-8-14(11-16(17)21-13(3)20(24)25)18-22-19(26-23-18)15-7-5-6-12(2)10-15/h5-11H,4H2,1-3H3. The van der Waals surface area contributed by atoms with Gasteiger partial charge in [0, 0.05) is 17.7 Å². The van der Waals surface area contributed by atoms with Crippen LogP contribution in [0.15, 0.2) is 51.8 Å². The molecule has 4 aromatic rings. The molecule has 0 aliphatic carbocycles. The molecule has 0 N–H and O–H groups in total. The Labute approximate surface area is 150 Å². The second-order valence-corrected chi connectivity index (χ2v) is 6.24. The highest BCUT2D eigenvalue weighted by molar-refractivity contribution is 5.80. The third-order valence-electron chi connectivity index (χ3n) is 4.37. The molecule has 0 spiro atoms. The van der Waals surface area contributed by atoms with Gasteiger partial charge in [-0.2, -0.15) is 4.98 Å². The Balaban J connectivity index is 1.81. The zero-order valence-corrected chi connectivity index (χ0v) is 14.9. The molecule has 0 aliphatic rings. The van der Waals surface area contributed by atoms with E-state index in [1.54, 1.807) is 11.5 Å². The molecule has 0 aliphatic heterocycles. The highest BCUT2D eigenvalue weighted by atomic mass is 16.5. The van der Waals surface area contributed by atoms with Crippen molar-refractivity contribution in [2.75, 3.05) is 0 Å². The maximum absolute atomic E-state index is 12.2. The van der Waals surface area contributed by atoms with E-state index in [0.717, 1.165) is 27.7 Å². The average Bonchev–Trinajstić information content (AvgIpc) is 3.13. The number of aromatic nitrogens is 4. The summed E-state index contributed by atoms with van der Waals surface area (Å²) in [5.74, 6) is 0.976. The van der Waals surface area contributed by atoms with Gasteiger partial charge < -0.3 is 9.09 Å². The first-order valence-electron chi connectivity index (χ1n) is 8.49. The van der Waals surface area contributed by atoms with E-state index in [1.165, 1.54) is 0 Å². The predicted octanol–water partition coefficient (Wildman–Crippen LogP) is 3.75. The van der Waals surface area contributed by atoms with Crippen LogP contribution >= 0.6 is 0 Å². The van der Waals surface area contributed by atoms with Crippen LogP contribution in [-0.2, 0) is 6.54 Å². The summed E-state index contributed by atoms with van der Waals surface area (Å²) in [7, 11) is 0. The van der Waals surface area contributed by atoms with E-state index in [0.29, 0.717) is 24.0 Å². The van der Waals surface area contributed by atoms with Crippen LogP contribution in [0.5, 0.6) is 0 Å². The van der Waals surface area contributed by atoms with Crippen molar-refractivity contribution in [1.29, 1.82) is 0 Å². The van der Waals surface area contributed by atoms with Gasteiger partial charge in [0.25, 0.3) is 11.4 Å². The van der Waals surface area contributed by atoms with E-state index >= 15 is 0 Å². The fourth-order valence-electron chi connectivity index (χ4n) is 3.06. The number of rotatable bonds is 3. The molecule has 0 fully saturated rings. The summed E-state index contributed by atoms with van der Waals surface area (Å²) in [5, 5.41) is 4.10. The van der Waals surface area contributed by atoms with Crippen molar-refractivity contribution in [3.63, 3.8) is 0 Å². The van der Waals surface area contributed by atoms with E-state index in [-0.39, 0.29) is 5.56 Å². The van der Waals surface area contributed by atoms with Gasteiger partial charge in [0.2, 0.25) is 5.82 Å².